The molecule has 3 aromatic heterocycles. The first kappa shape index (κ1) is 20.1. The summed E-state index contributed by atoms with van der Waals surface area (Å²) in [5.74, 6) is -0.359. The highest BCUT2D eigenvalue weighted by Gasteiger charge is 2.36. The van der Waals surface area contributed by atoms with Crippen LogP contribution in [0.4, 0.5) is 26.3 Å². The Bertz CT molecular complexity index is 1160. The molecule has 0 N–H and O–H groups in total. The van der Waals surface area contributed by atoms with Gasteiger partial charge in [0.15, 0.2) is 11.5 Å². The largest absolute Gasteiger partial charge is 0.435 e. The lowest BCUT2D eigenvalue weighted by atomic mass is 10.1. The maximum atomic E-state index is 13.5. The van der Waals surface area contributed by atoms with Gasteiger partial charge in [-0.25, -0.2) is 9.67 Å². The number of hydrogen-bond acceptors (Lipinski definition) is 3. The van der Waals surface area contributed by atoms with Crippen molar-refractivity contribution in [3.8, 4) is 27.6 Å². The molecule has 0 saturated heterocycles. The lowest BCUT2D eigenvalue weighted by molar-refractivity contribution is -0.141. The van der Waals surface area contributed by atoms with Gasteiger partial charge in [-0.15, -0.1) is 11.3 Å². The third-order valence-electron chi connectivity index (χ3n) is 4.20. The number of hydrogen-bond donors (Lipinski definition) is 0. The van der Waals surface area contributed by atoms with Crippen LogP contribution in [0.2, 0.25) is 0 Å². The van der Waals surface area contributed by atoms with E-state index in [2.05, 4.69) is 10.1 Å². The van der Waals surface area contributed by atoms with Crippen LogP contribution < -0.4 is 0 Å². The van der Waals surface area contributed by atoms with Crippen LogP contribution in [0, 0.1) is 0 Å². The van der Waals surface area contributed by atoms with E-state index in [0.717, 1.165) is 16.8 Å². The van der Waals surface area contributed by atoms with Gasteiger partial charge in [-0.1, -0.05) is 36.4 Å². The average Bonchev–Trinajstić information content (AvgIpc) is 3.37. The monoisotopic (exact) mass is 439 g/mol. The molecule has 3 nitrogen and oxygen atoms in total. The van der Waals surface area contributed by atoms with E-state index < -0.39 is 23.6 Å². The highest BCUT2D eigenvalue weighted by atomic mass is 32.1. The zero-order valence-corrected chi connectivity index (χ0v) is 15.7. The van der Waals surface area contributed by atoms with Crippen molar-refractivity contribution in [2.24, 2.45) is 0 Å². The van der Waals surface area contributed by atoms with Crippen LogP contribution in [-0.4, -0.2) is 14.8 Å². The number of halogens is 6. The summed E-state index contributed by atoms with van der Waals surface area (Å²) in [7, 11) is 0. The topological polar surface area (TPSA) is 30.7 Å². The molecule has 30 heavy (non-hydrogen) atoms. The van der Waals surface area contributed by atoms with Crippen molar-refractivity contribution < 1.29 is 26.3 Å². The van der Waals surface area contributed by atoms with Crippen LogP contribution >= 0.6 is 11.3 Å². The van der Waals surface area contributed by atoms with Crippen LogP contribution in [0.1, 0.15) is 11.3 Å². The quantitative estimate of drug-likeness (QED) is 0.333. The van der Waals surface area contributed by atoms with Gasteiger partial charge in [0.1, 0.15) is 0 Å². The second-order valence-electron chi connectivity index (χ2n) is 6.26. The predicted octanol–water partition coefficient (Wildman–Crippen LogP) is 6.70. The van der Waals surface area contributed by atoms with Crippen molar-refractivity contribution in [1.29, 1.82) is 0 Å². The van der Waals surface area contributed by atoms with Crippen LogP contribution in [0.5, 0.6) is 0 Å². The molecule has 0 unspecified atom stereocenters. The van der Waals surface area contributed by atoms with E-state index >= 15 is 0 Å². The fraction of sp³-hybridized carbons (Fsp3) is 0.100. The van der Waals surface area contributed by atoms with Gasteiger partial charge in [-0.05, 0) is 29.6 Å². The van der Waals surface area contributed by atoms with Crippen LogP contribution in [0.3, 0.4) is 0 Å². The molecule has 0 bridgehead atoms. The number of alkyl halides is 6. The first-order valence-electron chi connectivity index (χ1n) is 8.49. The zero-order chi connectivity index (χ0) is 21.5. The summed E-state index contributed by atoms with van der Waals surface area (Å²) in [6, 6.07) is 13.6. The highest BCUT2D eigenvalue weighted by molar-refractivity contribution is 7.13. The van der Waals surface area contributed by atoms with Gasteiger partial charge in [0, 0.05) is 5.56 Å². The summed E-state index contributed by atoms with van der Waals surface area (Å²) in [6.45, 7) is 0. The zero-order valence-electron chi connectivity index (χ0n) is 14.9. The van der Waals surface area contributed by atoms with E-state index in [0.29, 0.717) is 16.5 Å². The maximum absolute atomic E-state index is 13.5. The third-order valence-corrected chi connectivity index (χ3v) is 5.09. The molecule has 0 saturated carbocycles. The van der Waals surface area contributed by atoms with Crippen molar-refractivity contribution in [2.45, 2.75) is 12.4 Å². The highest BCUT2D eigenvalue weighted by Crippen LogP contribution is 2.36. The van der Waals surface area contributed by atoms with Crippen molar-refractivity contribution in [3.63, 3.8) is 0 Å². The molecule has 0 aliphatic heterocycles. The lowest BCUT2D eigenvalue weighted by Gasteiger charge is -2.13. The van der Waals surface area contributed by atoms with Gasteiger partial charge in [0.05, 0.1) is 21.8 Å². The molecule has 0 spiro atoms. The summed E-state index contributed by atoms with van der Waals surface area (Å²) in [4.78, 5) is 4.64. The summed E-state index contributed by atoms with van der Waals surface area (Å²) < 4.78 is 81.2. The Balaban J connectivity index is 1.98. The van der Waals surface area contributed by atoms with Gasteiger partial charge in [0.2, 0.25) is 0 Å². The van der Waals surface area contributed by atoms with Crippen molar-refractivity contribution in [1.82, 2.24) is 14.8 Å². The summed E-state index contributed by atoms with van der Waals surface area (Å²) >= 11 is 1.17. The molecular formula is C20H11F6N3S. The Hall–Kier alpha value is -3.14. The van der Waals surface area contributed by atoms with Gasteiger partial charge in [-0.2, -0.15) is 31.4 Å². The molecule has 0 aliphatic rings. The molecule has 4 aromatic rings. The molecule has 0 amide bonds. The van der Waals surface area contributed by atoms with Crippen LogP contribution in [0.25, 0.3) is 27.6 Å². The van der Waals surface area contributed by atoms with E-state index in [9.17, 15) is 26.3 Å². The van der Waals surface area contributed by atoms with E-state index in [1.807, 2.05) is 0 Å². The van der Waals surface area contributed by atoms with Gasteiger partial charge < -0.3 is 0 Å². The minimum atomic E-state index is -4.77. The molecule has 4 rings (SSSR count). The standard InChI is InChI=1S/C20H11F6N3S/c21-19(22,23)13-9-14(16-7-4-8-30-16)27-18(10-13)29-15(12-5-2-1-3-6-12)11-17(28-29)20(24,25)26/h1-11H. The minimum Gasteiger partial charge on any atom is -0.228 e. The fourth-order valence-corrected chi connectivity index (χ4v) is 3.53. The van der Waals surface area contributed by atoms with Gasteiger partial charge in [-0.3, -0.25) is 0 Å². The Kier molecular flexibility index (Phi) is 4.89. The maximum Gasteiger partial charge on any atom is 0.435 e. The van der Waals surface area contributed by atoms with E-state index in [-0.39, 0.29) is 17.2 Å². The Morgan fingerprint density at radius 2 is 1.53 bits per heavy atom. The molecule has 1 aromatic carbocycles. The molecule has 0 atom stereocenters. The molecular weight excluding hydrogens is 428 g/mol. The first-order valence-corrected chi connectivity index (χ1v) is 9.37. The Morgan fingerprint density at radius 3 is 2.13 bits per heavy atom. The van der Waals surface area contributed by atoms with E-state index in [4.69, 9.17) is 0 Å². The normalized spacial score (nSPS) is 12.3. The molecule has 0 fully saturated rings. The van der Waals surface area contributed by atoms with Crippen molar-refractivity contribution >= 4 is 11.3 Å². The van der Waals surface area contributed by atoms with Gasteiger partial charge >= 0.3 is 12.4 Å². The fourth-order valence-electron chi connectivity index (χ4n) is 2.85. The number of aromatic nitrogens is 3. The summed E-state index contributed by atoms with van der Waals surface area (Å²) in [5.41, 5.74) is -1.92. The van der Waals surface area contributed by atoms with Crippen molar-refractivity contribution in [2.75, 3.05) is 0 Å². The second kappa shape index (κ2) is 7.28. The lowest BCUT2D eigenvalue weighted by Crippen LogP contribution is -2.11. The Labute approximate surface area is 170 Å². The summed E-state index contributed by atoms with van der Waals surface area (Å²) in [5, 5.41) is 5.21. The van der Waals surface area contributed by atoms with Crippen LogP contribution in [0.15, 0.2) is 66.0 Å². The molecule has 3 heterocycles. The number of rotatable bonds is 3. The third kappa shape index (κ3) is 3.95. The van der Waals surface area contributed by atoms with Crippen molar-refractivity contribution in [3.05, 3.63) is 77.3 Å². The molecule has 0 radical (unpaired) electrons. The molecule has 10 heteroatoms. The second-order valence-corrected chi connectivity index (χ2v) is 7.21. The number of nitrogens with zero attached hydrogens (tertiary/aromatic N) is 3. The average molecular weight is 439 g/mol. The Morgan fingerprint density at radius 1 is 0.800 bits per heavy atom. The minimum absolute atomic E-state index is 0.00195. The van der Waals surface area contributed by atoms with E-state index in [1.54, 1.807) is 47.8 Å². The smallest absolute Gasteiger partial charge is 0.228 e. The molecule has 154 valence electrons. The van der Waals surface area contributed by atoms with E-state index in [1.165, 1.54) is 11.3 Å². The van der Waals surface area contributed by atoms with Gasteiger partial charge in [0.25, 0.3) is 0 Å². The number of benzene rings is 1. The SMILES string of the molecule is FC(F)(F)c1cc(-c2cccs2)nc(-n2nc(C(F)(F)F)cc2-c2ccccc2)c1. The number of thiophene rings is 1. The van der Waals surface area contributed by atoms with Crippen LogP contribution in [-0.2, 0) is 12.4 Å². The number of pyridine rings is 1. The molecule has 0 aliphatic carbocycles. The first-order chi connectivity index (χ1) is 14.1. The summed E-state index contributed by atoms with van der Waals surface area (Å²) in [6.07, 6.45) is -9.48. The predicted molar refractivity (Wildman–Crippen MR) is 100 cm³/mol.